The van der Waals surface area contributed by atoms with Gasteiger partial charge < -0.3 is 9.84 Å². The first-order chi connectivity index (χ1) is 11.2. The molecule has 0 saturated heterocycles. The first-order valence-electron chi connectivity index (χ1n) is 6.78. The summed E-state index contributed by atoms with van der Waals surface area (Å²) in [6, 6.07) is 20.9. The highest BCUT2D eigenvalue weighted by Crippen LogP contribution is 2.35. The lowest BCUT2D eigenvalue weighted by atomic mass is 9.98. The van der Waals surface area contributed by atoms with Gasteiger partial charge in [0.05, 0.1) is 11.6 Å². The molecule has 0 aliphatic carbocycles. The topological polar surface area (TPSA) is 70.3 Å². The van der Waals surface area contributed by atoms with Crippen molar-refractivity contribution in [1.29, 1.82) is 5.26 Å². The third-order valence-corrected chi connectivity index (χ3v) is 4.29. The average molecular weight is 321 g/mol. The van der Waals surface area contributed by atoms with E-state index in [0.717, 1.165) is 21.6 Å². The molecule has 0 unspecified atom stereocenters. The average Bonchev–Trinajstić information content (AvgIpc) is 3.02. The smallest absolute Gasteiger partial charge is 0.449 e. The largest absolute Gasteiger partial charge is 0.512 e. The highest BCUT2D eigenvalue weighted by Gasteiger charge is 2.10. The Hall–Kier alpha value is -3.10. The number of carboxylic acid groups (broad SMARTS) is 1. The zero-order valence-electron chi connectivity index (χ0n) is 11.9. The lowest BCUT2D eigenvalue weighted by Crippen LogP contribution is -2.00. The summed E-state index contributed by atoms with van der Waals surface area (Å²) in [5.41, 5.74) is 3.28. The quantitative estimate of drug-likeness (QED) is 0.688. The van der Waals surface area contributed by atoms with Crippen molar-refractivity contribution < 1.29 is 14.6 Å². The fourth-order valence-electron chi connectivity index (χ4n) is 2.28. The number of nitriles is 1. The number of hydrogen-bond acceptors (Lipinski definition) is 4. The van der Waals surface area contributed by atoms with Crippen molar-refractivity contribution in [2.45, 2.75) is 0 Å². The molecule has 3 rings (SSSR count). The Morgan fingerprint density at radius 2 is 1.83 bits per heavy atom. The van der Waals surface area contributed by atoms with E-state index in [2.05, 4.69) is 10.8 Å². The van der Waals surface area contributed by atoms with Crippen LogP contribution in [0, 0.1) is 11.3 Å². The molecule has 0 amide bonds. The number of benzene rings is 2. The maximum absolute atomic E-state index is 10.6. The molecule has 0 aliphatic rings. The standard InChI is InChI=1S/C18H11NO3S/c19-11-14-10-13(16-8-9-17(23-16)22-18(20)21)6-7-15(14)12-4-2-1-3-5-12/h1-10H,(H,20,21). The van der Waals surface area contributed by atoms with E-state index in [9.17, 15) is 10.1 Å². The van der Waals surface area contributed by atoms with Crippen LogP contribution in [0.5, 0.6) is 5.06 Å². The maximum Gasteiger partial charge on any atom is 0.512 e. The molecule has 1 aromatic heterocycles. The number of nitrogens with zero attached hydrogens (tertiary/aromatic N) is 1. The van der Waals surface area contributed by atoms with Crippen molar-refractivity contribution in [3.8, 4) is 32.7 Å². The molecule has 2 aromatic carbocycles. The summed E-state index contributed by atoms with van der Waals surface area (Å²) in [7, 11) is 0. The van der Waals surface area contributed by atoms with Crippen molar-refractivity contribution >= 4 is 17.5 Å². The second kappa shape index (κ2) is 6.34. The van der Waals surface area contributed by atoms with Crippen LogP contribution in [0.15, 0.2) is 60.7 Å². The van der Waals surface area contributed by atoms with Crippen LogP contribution in [0.1, 0.15) is 5.56 Å². The molecule has 0 fully saturated rings. The van der Waals surface area contributed by atoms with Crippen LogP contribution in [0.3, 0.4) is 0 Å². The third-order valence-electron chi connectivity index (χ3n) is 3.28. The summed E-state index contributed by atoms with van der Waals surface area (Å²) in [4.78, 5) is 11.4. The lowest BCUT2D eigenvalue weighted by molar-refractivity contribution is 0.146. The summed E-state index contributed by atoms with van der Waals surface area (Å²) in [5, 5.41) is 18.4. The van der Waals surface area contributed by atoms with Gasteiger partial charge in [0.25, 0.3) is 0 Å². The Morgan fingerprint density at radius 3 is 2.52 bits per heavy atom. The molecule has 0 spiro atoms. The van der Waals surface area contributed by atoms with Gasteiger partial charge in [0.1, 0.15) is 0 Å². The van der Waals surface area contributed by atoms with E-state index >= 15 is 0 Å². The first kappa shape index (κ1) is 14.8. The van der Waals surface area contributed by atoms with Gasteiger partial charge in [-0.05, 0) is 34.9 Å². The Bertz CT molecular complexity index is 894. The van der Waals surface area contributed by atoms with Gasteiger partial charge in [0.15, 0.2) is 5.06 Å². The van der Waals surface area contributed by atoms with E-state index in [1.165, 1.54) is 11.3 Å². The summed E-state index contributed by atoms with van der Waals surface area (Å²) in [6.07, 6.45) is -1.34. The Kier molecular flexibility index (Phi) is 4.09. The van der Waals surface area contributed by atoms with Crippen LogP contribution >= 0.6 is 11.3 Å². The highest BCUT2D eigenvalue weighted by atomic mass is 32.1. The van der Waals surface area contributed by atoms with Gasteiger partial charge in [0.2, 0.25) is 0 Å². The molecule has 1 N–H and O–H groups in total. The summed E-state index contributed by atoms with van der Waals surface area (Å²) in [5.74, 6) is 0. The number of hydrogen-bond donors (Lipinski definition) is 1. The van der Waals surface area contributed by atoms with Crippen LogP contribution in [-0.2, 0) is 0 Å². The predicted molar refractivity (Wildman–Crippen MR) is 88.6 cm³/mol. The van der Waals surface area contributed by atoms with Crippen LogP contribution in [0.4, 0.5) is 4.79 Å². The summed E-state index contributed by atoms with van der Waals surface area (Å²) >= 11 is 1.22. The van der Waals surface area contributed by atoms with E-state index < -0.39 is 6.16 Å². The zero-order valence-corrected chi connectivity index (χ0v) is 12.7. The molecule has 1 heterocycles. The Morgan fingerprint density at radius 1 is 1.04 bits per heavy atom. The molecule has 23 heavy (non-hydrogen) atoms. The molecule has 0 saturated carbocycles. The molecule has 0 radical (unpaired) electrons. The molecule has 0 aliphatic heterocycles. The third kappa shape index (κ3) is 3.23. The minimum absolute atomic E-state index is 0.304. The van der Waals surface area contributed by atoms with Crippen molar-refractivity contribution in [2.24, 2.45) is 0 Å². The number of ether oxygens (including phenoxy) is 1. The maximum atomic E-state index is 10.6. The van der Waals surface area contributed by atoms with Crippen molar-refractivity contribution in [3.63, 3.8) is 0 Å². The molecule has 112 valence electrons. The molecule has 0 bridgehead atoms. The van der Waals surface area contributed by atoms with E-state index in [-0.39, 0.29) is 0 Å². The minimum Gasteiger partial charge on any atom is -0.449 e. The van der Waals surface area contributed by atoms with Crippen LogP contribution in [-0.4, -0.2) is 11.3 Å². The van der Waals surface area contributed by atoms with Crippen LogP contribution in [0.25, 0.3) is 21.6 Å². The van der Waals surface area contributed by atoms with Gasteiger partial charge in [-0.1, -0.05) is 53.8 Å². The predicted octanol–water partition coefficient (Wildman–Crippen LogP) is 5.01. The minimum atomic E-state index is -1.34. The Balaban J connectivity index is 1.98. The first-order valence-corrected chi connectivity index (χ1v) is 7.59. The molecule has 5 heteroatoms. The number of thiophene rings is 1. The van der Waals surface area contributed by atoms with Gasteiger partial charge >= 0.3 is 6.16 Å². The van der Waals surface area contributed by atoms with Crippen LogP contribution in [0.2, 0.25) is 0 Å². The van der Waals surface area contributed by atoms with Gasteiger partial charge in [-0.2, -0.15) is 5.26 Å². The van der Waals surface area contributed by atoms with E-state index in [1.807, 2.05) is 42.5 Å². The molecule has 4 nitrogen and oxygen atoms in total. The second-order valence-electron chi connectivity index (χ2n) is 4.72. The van der Waals surface area contributed by atoms with Crippen molar-refractivity contribution in [3.05, 3.63) is 66.2 Å². The molecular formula is C18H11NO3S. The number of carbonyl (C=O) groups is 1. The van der Waals surface area contributed by atoms with Crippen molar-refractivity contribution in [1.82, 2.24) is 0 Å². The fraction of sp³-hybridized carbons (Fsp3) is 0. The van der Waals surface area contributed by atoms with Crippen LogP contribution < -0.4 is 4.74 Å². The zero-order chi connectivity index (χ0) is 16.2. The number of rotatable bonds is 3. The normalized spacial score (nSPS) is 10.0. The summed E-state index contributed by atoms with van der Waals surface area (Å²) in [6.45, 7) is 0. The molecule has 3 aromatic rings. The Labute approximate surface area is 136 Å². The van der Waals surface area contributed by atoms with Gasteiger partial charge in [-0.15, -0.1) is 0 Å². The van der Waals surface area contributed by atoms with Gasteiger partial charge in [-0.25, -0.2) is 4.79 Å². The molecule has 0 atom stereocenters. The molecular weight excluding hydrogens is 310 g/mol. The van der Waals surface area contributed by atoms with E-state index in [0.29, 0.717) is 10.6 Å². The van der Waals surface area contributed by atoms with Gasteiger partial charge in [0, 0.05) is 4.88 Å². The van der Waals surface area contributed by atoms with Gasteiger partial charge in [-0.3, -0.25) is 0 Å². The fourth-order valence-corrected chi connectivity index (χ4v) is 3.12. The summed E-state index contributed by atoms with van der Waals surface area (Å²) < 4.78 is 4.64. The van der Waals surface area contributed by atoms with Crippen molar-refractivity contribution in [2.75, 3.05) is 0 Å². The monoisotopic (exact) mass is 321 g/mol. The van der Waals surface area contributed by atoms with E-state index in [4.69, 9.17) is 5.11 Å². The van der Waals surface area contributed by atoms with E-state index in [1.54, 1.807) is 18.2 Å². The second-order valence-corrected chi connectivity index (χ2v) is 5.77. The highest BCUT2D eigenvalue weighted by molar-refractivity contribution is 7.17. The lowest BCUT2D eigenvalue weighted by Gasteiger charge is -2.06. The SMILES string of the molecule is N#Cc1cc(-c2ccc(OC(=O)O)s2)ccc1-c1ccccc1.